The van der Waals surface area contributed by atoms with Crippen LogP contribution in [0.3, 0.4) is 0 Å². The molecule has 0 amide bonds. The smallest absolute Gasteiger partial charge is 0.0682 e. The van der Waals surface area contributed by atoms with E-state index < -0.39 is 0 Å². The van der Waals surface area contributed by atoms with Crippen molar-refractivity contribution in [3.05, 3.63) is 30.5 Å². The molecule has 0 spiro atoms. The molecule has 1 aliphatic rings. The number of para-hydroxylation sites is 1. The predicted octanol–water partition coefficient (Wildman–Crippen LogP) is 4.50. The van der Waals surface area contributed by atoms with Crippen LogP contribution in [-0.2, 0) is 6.54 Å². The van der Waals surface area contributed by atoms with Gasteiger partial charge in [-0.2, -0.15) is 5.10 Å². The summed E-state index contributed by atoms with van der Waals surface area (Å²) in [5.41, 5.74) is 1.29. The van der Waals surface area contributed by atoms with Gasteiger partial charge in [0.25, 0.3) is 0 Å². The Morgan fingerprint density at radius 2 is 2.11 bits per heavy atom. The molecular formula is C17H24N2. The van der Waals surface area contributed by atoms with Crippen LogP contribution in [0.5, 0.6) is 0 Å². The van der Waals surface area contributed by atoms with E-state index in [9.17, 15) is 0 Å². The van der Waals surface area contributed by atoms with E-state index in [2.05, 4.69) is 47.9 Å². The van der Waals surface area contributed by atoms with Gasteiger partial charge < -0.3 is 0 Å². The molecule has 1 aromatic carbocycles. The van der Waals surface area contributed by atoms with Crippen LogP contribution in [0.2, 0.25) is 0 Å². The first-order valence-corrected chi connectivity index (χ1v) is 7.64. The standard InChI is InChI=1S/C17H24N2/c1-13(2)15-8-5-6-14(10-15)12-19-17-9-4-3-7-16(17)11-18-19/h3-4,7,9,11,13-15H,5-6,8,10,12H2,1-2H3. The molecule has 2 atom stereocenters. The van der Waals surface area contributed by atoms with Crippen molar-refractivity contribution in [1.82, 2.24) is 9.78 Å². The number of nitrogens with zero attached hydrogens (tertiary/aromatic N) is 2. The number of hydrogen-bond acceptors (Lipinski definition) is 1. The minimum Gasteiger partial charge on any atom is -0.265 e. The van der Waals surface area contributed by atoms with E-state index in [1.165, 1.54) is 36.6 Å². The minimum atomic E-state index is 0.810. The summed E-state index contributed by atoms with van der Waals surface area (Å²) in [6.45, 7) is 5.84. The largest absolute Gasteiger partial charge is 0.265 e. The molecule has 1 aromatic heterocycles. The molecule has 0 saturated heterocycles. The number of benzene rings is 1. The number of fused-ring (bicyclic) bond motifs is 1. The Morgan fingerprint density at radius 1 is 1.26 bits per heavy atom. The zero-order valence-electron chi connectivity index (χ0n) is 12.0. The third-order valence-electron chi connectivity index (χ3n) is 4.75. The SMILES string of the molecule is CC(C)C1CCCC(Cn2ncc3ccccc32)C1. The fraction of sp³-hybridized carbons (Fsp3) is 0.588. The summed E-state index contributed by atoms with van der Waals surface area (Å²) in [7, 11) is 0. The summed E-state index contributed by atoms with van der Waals surface area (Å²) in [6.07, 6.45) is 7.57. The van der Waals surface area contributed by atoms with Gasteiger partial charge >= 0.3 is 0 Å². The number of hydrogen-bond donors (Lipinski definition) is 0. The first-order valence-electron chi connectivity index (χ1n) is 7.64. The zero-order chi connectivity index (χ0) is 13.2. The van der Waals surface area contributed by atoms with Gasteiger partial charge in [0.1, 0.15) is 0 Å². The second kappa shape index (κ2) is 5.36. The molecule has 2 aromatic rings. The molecule has 0 bridgehead atoms. The van der Waals surface area contributed by atoms with E-state index in [0.29, 0.717) is 0 Å². The van der Waals surface area contributed by atoms with Crippen LogP contribution >= 0.6 is 0 Å². The highest BCUT2D eigenvalue weighted by Gasteiger charge is 2.24. The summed E-state index contributed by atoms with van der Waals surface area (Å²) in [4.78, 5) is 0. The molecule has 1 heterocycles. The molecule has 0 N–H and O–H groups in total. The lowest BCUT2D eigenvalue weighted by molar-refractivity contribution is 0.196. The van der Waals surface area contributed by atoms with Crippen LogP contribution < -0.4 is 0 Å². The van der Waals surface area contributed by atoms with Crippen molar-refractivity contribution in [1.29, 1.82) is 0 Å². The highest BCUT2D eigenvalue weighted by Crippen LogP contribution is 2.34. The van der Waals surface area contributed by atoms with Crippen molar-refractivity contribution in [2.24, 2.45) is 17.8 Å². The Balaban J connectivity index is 1.74. The molecule has 102 valence electrons. The van der Waals surface area contributed by atoms with E-state index in [4.69, 9.17) is 0 Å². The van der Waals surface area contributed by atoms with Gasteiger partial charge in [-0.25, -0.2) is 0 Å². The average molecular weight is 256 g/mol. The monoisotopic (exact) mass is 256 g/mol. The number of aromatic nitrogens is 2. The highest BCUT2D eigenvalue weighted by atomic mass is 15.3. The molecule has 1 aliphatic carbocycles. The molecule has 2 nitrogen and oxygen atoms in total. The van der Waals surface area contributed by atoms with Gasteiger partial charge in [0, 0.05) is 11.9 Å². The molecule has 1 saturated carbocycles. The topological polar surface area (TPSA) is 17.8 Å². The van der Waals surface area contributed by atoms with Gasteiger partial charge in [0.15, 0.2) is 0 Å². The third-order valence-corrected chi connectivity index (χ3v) is 4.75. The summed E-state index contributed by atoms with van der Waals surface area (Å²) in [5, 5.41) is 5.84. The second-order valence-corrected chi connectivity index (χ2v) is 6.42. The maximum atomic E-state index is 4.58. The maximum Gasteiger partial charge on any atom is 0.0682 e. The maximum absolute atomic E-state index is 4.58. The van der Waals surface area contributed by atoms with E-state index in [1.54, 1.807) is 0 Å². The molecule has 1 fully saturated rings. The van der Waals surface area contributed by atoms with Crippen molar-refractivity contribution < 1.29 is 0 Å². The van der Waals surface area contributed by atoms with Crippen LogP contribution in [0, 0.1) is 17.8 Å². The molecule has 19 heavy (non-hydrogen) atoms. The molecule has 0 radical (unpaired) electrons. The summed E-state index contributed by atoms with van der Waals surface area (Å²) < 4.78 is 2.21. The first kappa shape index (κ1) is 12.7. The normalized spacial score (nSPS) is 24.2. The Labute approximate surface area is 115 Å². The van der Waals surface area contributed by atoms with Crippen LogP contribution in [0.1, 0.15) is 39.5 Å². The lowest BCUT2D eigenvalue weighted by atomic mass is 9.76. The van der Waals surface area contributed by atoms with E-state index >= 15 is 0 Å². The van der Waals surface area contributed by atoms with E-state index in [1.807, 2.05) is 6.20 Å². The van der Waals surface area contributed by atoms with Gasteiger partial charge in [-0.3, -0.25) is 4.68 Å². The zero-order valence-corrected chi connectivity index (χ0v) is 12.0. The summed E-state index contributed by atoms with van der Waals surface area (Å²) in [5.74, 6) is 2.56. The van der Waals surface area contributed by atoms with E-state index in [0.717, 1.165) is 24.3 Å². The summed E-state index contributed by atoms with van der Waals surface area (Å²) in [6, 6.07) is 8.53. The Bertz CT molecular complexity index is 541. The van der Waals surface area contributed by atoms with Crippen molar-refractivity contribution >= 4 is 10.9 Å². The highest BCUT2D eigenvalue weighted by molar-refractivity contribution is 5.78. The van der Waals surface area contributed by atoms with Crippen LogP contribution in [-0.4, -0.2) is 9.78 Å². The van der Waals surface area contributed by atoms with Gasteiger partial charge in [-0.15, -0.1) is 0 Å². The van der Waals surface area contributed by atoms with Crippen molar-refractivity contribution in [3.8, 4) is 0 Å². The van der Waals surface area contributed by atoms with Gasteiger partial charge in [-0.05, 0) is 36.7 Å². The molecule has 3 rings (SSSR count). The minimum absolute atomic E-state index is 0.810. The van der Waals surface area contributed by atoms with Crippen LogP contribution in [0.4, 0.5) is 0 Å². The number of rotatable bonds is 3. The molecule has 2 unspecified atom stereocenters. The molecule has 2 heteroatoms. The Hall–Kier alpha value is -1.31. The quantitative estimate of drug-likeness (QED) is 0.790. The Morgan fingerprint density at radius 3 is 2.95 bits per heavy atom. The lowest BCUT2D eigenvalue weighted by Crippen LogP contribution is -2.23. The van der Waals surface area contributed by atoms with Crippen molar-refractivity contribution in [2.45, 2.75) is 46.1 Å². The van der Waals surface area contributed by atoms with Crippen molar-refractivity contribution in [2.75, 3.05) is 0 Å². The van der Waals surface area contributed by atoms with Gasteiger partial charge in [0.2, 0.25) is 0 Å². The summed E-state index contributed by atoms with van der Waals surface area (Å²) >= 11 is 0. The fourth-order valence-electron chi connectivity index (χ4n) is 3.52. The fourth-order valence-corrected chi connectivity index (χ4v) is 3.52. The van der Waals surface area contributed by atoms with Crippen LogP contribution in [0.25, 0.3) is 10.9 Å². The average Bonchev–Trinajstić information content (AvgIpc) is 2.83. The van der Waals surface area contributed by atoms with Gasteiger partial charge in [-0.1, -0.05) is 44.9 Å². The second-order valence-electron chi connectivity index (χ2n) is 6.42. The molecule has 0 aliphatic heterocycles. The molecular weight excluding hydrogens is 232 g/mol. The van der Waals surface area contributed by atoms with Crippen molar-refractivity contribution in [3.63, 3.8) is 0 Å². The third kappa shape index (κ3) is 2.68. The predicted molar refractivity (Wildman–Crippen MR) is 80.0 cm³/mol. The van der Waals surface area contributed by atoms with Gasteiger partial charge in [0.05, 0.1) is 11.7 Å². The Kier molecular flexibility index (Phi) is 3.58. The van der Waals surface area contributed by atoms with E-state index in [-0.39, 0.29) is 0 Å². The first-order chi connectivity index (χ1) is 9.24. The van der Waals surface area contributed by atoms with Crippen LogP contribution in [0.15, 0.2) is 30.5 Å². The lowest BCUT2D eigenvalue weighted by Gasteiger charge is -2.31.